The van der Waals surface area contributed by atoms with Crippen molar-refractivity contribution in [2.24, 2.45) is 5.41 Å². The molecule has 1 aromatic rings. The second-order valence-corrected chi connectivity index (χ2v) is 6.02. The number of hydrogen-bond donors (Lipinski definition) is 0. The summed E-state index contributed by atoms with van der Waals surface area (Å²) in [5.41, 5.74) is 0.321. The van der Waals surface area contributed by atoms with Crippen molar-refractivity contribution in [2.75, 3.05) is 33.4 Å². The highest BCUT2D eigenvalue weighted by Crippen LogP contribution is 2.27. The van der Waals surface area contributed by atoms with Gasteiger partial charge in [-0.1, -0.05) is 15.9 Å². The lowest BCUT2D eigenvalue weighted by Gasteiger charge is -2.38. The Kier molecular flexibility index (Phi) is 4.56. The second kappa shape index (κ2) is 6.00. The fraction of sp³-hybridized carbons (Fsp3) is 0.500. The maximum absolute atomic E-state index is 13.6. The maximum Gasteiger partial charge on any atom is 0.126 e. The zero-order valence-electron chi connectivity index (χ0n) is 10.8. The van der Waals surface area contributed by atoms with Gasteiger partial charge in [0, 0.05) is 17.6 Å². The van der Waals surface area contributed by atoms with Crippen LogP contribution in [-0.2, 0) is 11.2 Å². The van der Waals surface area contributed by atoms with Crippen molar-refractivity contribution < 1.29 is 9.13 Å². The van der Waals surface area contributed by atoms with Gasteiger partial charge in [0.2, 0.25) is 0 Å². The molecule has 0 amide bonds. The first-order chi connectivity index (χ1) is 9.04. The molecule has 0 N–H and O–H groups in total. The minimum Gasteiger partial charge on any atom is -0.378 e. The summed E-state index contributed by atoms with van der Waals surface area (Å²) < 4.78 is 19.6. The summed E-state index contributed by atoms with van der Waals surface area (Å²) in [6.45, 7) is 2.38. The van der Waals surface area contributed by atoms with Crippen LogP contribution < -0.4 is 0 Å². The summed E-state index contributed by atoms with van der Waals surface area (Å²) in [6, 6.07) is 7.28. The molecule has 0 unspecified atom stereocenters. The van der Waals surface area contributed by atoms with E-state index < -0.39 is 0 Å². The van der Waals surface area contributed by atoms with E-state index in [2.05, 4.69) is 26.9 Å². The molecule has 0 radical (unpaired) electrons. The van der Waals surface area contributed by atoms with Gasteiger partial charge in [0.25, 0.3) is 0 Å². The van der Waals surface area contributed by atoms with E-state index in [4.69, 9.17) is 10.00 Å². The van der Waals surface area contributed by atoms with Crippen molar-refractivity contribution >= 4 is 15.9 Å². The van der Waals surface area contributed by atoms with Crippen LogP contribution in [-0.4, -0.2) is 38.3 Å². The number of benzene rings is 1. The van der Waals surface area contributed by atoms with Crippen LogP contribution in [0.3, 0.4) is 0 Å². The average molecular weight is 327 g/mol. The minimum absolute atomic E-state index is 0.182. The van der Waals surface area contributed by atoms with Crippen molar-refractivity contribution in [3.8, 4) is 6.07 Å². The predicted octanol–water partition coefficient (Wildman–Crippen LogP) is 2.60. The molecule has 1 saturated heterocycles. The van der Waals surface area contributed by atoms with Crippen LogP contribution in [0.2, 0.25) is 0 Å². The third kappa shape index (κ3) is 3.53. The topological polar surface area (TPSA) is 36.3 Å². The molecule has 19 heavy (non-hydrogen) atoms. The molecule has 3 nitrogen and oxygen atoms in total. The number of halogens is 2. The SMILES string of the molecule is CN(CCc1cc(Br)ccc1F)CC1(C#N)COC1. The highest BCUT2D eigenvalue weighted by molar-refractivity contribution is 9.10. The quantitative estimate of drug-likeness (QED) is 0.834. The Labute approximate surface area is 121 Å². The molecule has 0 saturated carbocycles. The third-order valence-corrected chi connectivity index (χ3v) is 3.83. The average Bonchev–Trinajstić information content (AvgIpc) is 2.35. The summed E-state index contributed by atoms with van der Waals surface area (Å²) >= 11 is 3.34. The Bertz CT molecular complexity index is 497. The largest absolute Gasteiger partial charge is 0.378 e. The van der Waals surface area contributed by atoms with Crippen LogP contribution in [0.5, 0.6) is 0 Å². The van der Waals surface area contributed by atoms with Gasteiger partial charge in [-0.2, -0.15) is 5.26 Å². The van der Waals surface area contributed by atoms with Crippen LogP contribution in [0.1, 0.15) is 5.56 Å². The van der Waals surface area contributed by atoms with E-state index in [9.17, 15) is 4.39 Å². The van der Waals surface area contributed by atoms with E-state index >= 15 is 0 Å². The van der Waals surface area contributed by atoms with Crippen LogP contribution in [0, 0.1) is 22.6 Å². The zero-order valence-corrected chi connectivity index (χ0v) is 12.4. The normalized spacial score (nSPS) is 17.0. The van der Waals surface area contributed by atoms with Gasteiger partial charge in [0.1, 0.15) is 11.2 Å². The van der Waals surface area contributed by atoms with Gasteiger partial charge < -0.3 is 9.64 Å². The molecule has 0 spiro atoms. The van der Waals surface area contributed by atoms with E-state index in [1.165, 1.54) is 6.07 Å². The van der Waals surface area contributed by atoms with Gasteiger partial charge in [-0.15, -0.1) is 0 Å². The summed E-state index contributed by atoms with van der Waals surface area (Å²) in [5.74, 6) is -0.182. The van der Waals surface area contributed by atoms with Crippen molar-refractivity contribution in [1.82, 2.24) is 4.90 Å². The highest BCUT2D eigenvalue weighted by atomic mass is 79.9. The van der Waals surface area contributed by atoms with Gasteiger partial charge in [-0.25, -0.2) is 4.39 Å². The summed E-state index contributed by atoms with van der Waals surface area (Å²) in [4.78, 5) is 2.06. The molecule has 102 valence electrons. The lowest BCUT2D eigenvalue weighted by atomic mass is 9.87. The smallest absolute Gasteiger partial charge is 0.126 e. The molecular weight excluding hydrogens is 311 g/mol. The van der Waals surface area contributed by atoms with Gasteiger partial charge in [0.15, 0.2) is 0 Å². The van der Waals surface area contributed by atoms with E-state index in [0.29, 0.717) is 31.7 Å². The number of rotatable bonds is 5. The lowest BCUT2D eigenvalue weighted by Crippen LogP contribution is -2.49. The van der Waals surface area contributed by atoms with Gasteiger partial charge in [-0.05, 0) is 37.2 Å². The zero-order chi connectivity index (χ0) is 13.9. The fourth-order valence-electron chi connectivity index (χ4n) is 2.18. The Morgan fingerprint density at radius 3 is 2.84 bits per heavy atom. The third-order valence-electron chi connectivity index (χ3n) is 3.34. The lowest BCUT2D eigenvalue weighted by molar-refractivity contribution is -0.0886. The minimum atomic E-state index is -0.370. The molecule has 2 rings (SSSR count). The first-order valence-corrected chi connectivity index (χ1v) is 6.95. The molecule has 1 aromatic carbocycles. The van der Waals surface area contributed by atoms with Gasteiger partial charge >= 0.3 is 0 Å². The Morgan fingerprint density at radius 1 is 1.53 bits per heavy atom. The first-order valence-electron chi connectivity index (χ1n) is 6.16. The highest BCUT2D eigenvalue weighted by Gasteiger charge is 2.39. The fourth-order valence-corrected chi connectivity index (χ4v) is 2.59. The van der Waals surface area contributed by atoms with E-state index in [-0.39, 0.29) is 11.2 Å². The summed E-state index contributed by atoms with van der Waals surface area (Å²) in [6.07, 6.45) is 0.629. The number of nitriles is 1. The molecule has 1 heterocycles. The molecule has 1 fully saturated rings. The molecule has 5 heteroatoms. The second-order valence-electron chi connectivity index (χ2n) is 5.11. The van der Waals surface area contributed by atoms with Crippen molar-refractivity contribution in [3.63, 3.8) is 0 Å². The Hall–Kier alpha value is -0.960. The number of nitrogens with zero attached hydrogens (tertiary/aromatic N) is 2. The van der Waals surface area contributed by atoms with Gasteiger partial charge in [0.05, 0.1) is 19.3 Å². The van der Waals surface area contributed by atoms with E-state index in [0.717, 1.165) is 11.0 Å². The Morgan fingerprint density at radius 2 is 2.26 bits per heavy atom. The van der Waals surface area contributed by atoms with Crippen LogP contribution in [0.4, 0.5) is 4.39 Å². The first kappa shape index (κ1) is 14.4. The van der Waals surface area contributed by atoms with Crippen molar-refractivity contribution in [3.05, 3.63) is 34.1 Å². The molecule has 1 aliphatic heterocycles. The van der Waals surface area contributed by atoms with E-state index in [1.54, 1.807) is 12.1 Å². The number of likely N-dealkylation sites (N-methyl/N-ethyl adjacent to an activating group) is 1. The van der Waals surface area contributed by atoms with E-state index in [1.807, 2.05) is 7.05 Å². The molecule has 0 aliphatic carbocycles. The van der Waals surface area contributed by atoms with Crippen LogP contribution >= 0.6 is 15.9 Å². The Balaban J connectivity index is 1.88. The number of hydrogen-bond acceptors (Lipinski definition) is 3. The van der Waals surface area contributed by atoms with Gasteiger partial charge in [-0.3, -0.25) is 0 Å². The summed E-state index contributed by atoms with van der Waals surface area (Å²) in [5, 5.41) is 9.13. The standard InChI is InChI=1S/C14H16BrFN2O/c1-18(8-14(7-17)9-19-10-14)5-4-11-6-12(15)2-3-13(11)16/h2-3,6H,4-5,8-10H2,1H3. The summed E-state index contributed by atoms with van der Waals surface area (Å²) in [7, 11) is 1.95. The molecule has 0 bridgehead atoms. The predicted molar refractivity (Wildman–Crippen MR) is 74.2 cm³/mol. The van der Waals surface area contributed by atoms with Crippen molar-refractivity contribution in [2.45, 2.75) is 6.42 Å². The molecule has 1 aliphatic rings. The molecule has 0 aromatic heterocycles. The maximum atomic E-state index is 13.6. The molecular formula is C14H16BrFN2O. The monoisotopic (exact) mass is 326 g/mol. The number of ether oxygens (including phenoxy) is 1. The molecule has 0 atom stereocenters. The van der Waals surface area contributed by atoms with Crippen LogP contribution in [0.15, 0.2) is 22.7 Å². The van der Waals surface area contributed by atoms with Crippen molar-refractivity contribution in [1.29, 1.82) is 5.26 Å². The van der Waals surface area contributed by atoms with Crippen LogP contribution in [0.25, 0.3) is 0 Å².